The van der Waals surface area contributed by atoms with E-state index in [1.807, 2.05) is 52.8 Å². The quantitative estimate of drug-likeness (QED) is 0.856. The van der Waals surface area contributed by atoms with Gasteiger partial charge in [0.15, 0.2) is 0 Å². The van der Waals surface area contributed by atoms with Crippen molar-refractivity contribution in [2.24, 2.45) is 0 Å². The van der Waals surface area contributed by atoms with Crippen molar-refractivity contribution in [2.45, 2.75) is 51.6 Å². The summed E-state index contributed by atoms with van der Waals surface area (Å²) in [5.41, 5.74) is 0.442. The predicted octanol–water partition coefficient (Wildman–Crippen LogP) is 3.67. The maximum absolute atomic E-state index is 12.0. The fourth-order valence-corrected chi connectivity index (χ4v) is 1.79. The smallest absolute Gasteiger partial charge is 0.243 e. The van der Waals surface area contributed by atoms with E-state index in [2.05, 4.69) is 5.32 Å². The lowest BCUT2D eigenvalue weighted by Gasteiger charge is -2.22. The van der Waals surface area contributed by atoms with E-state index in [0.29, 0.717) is 0 Å². The highest BCUT2D eigenvalue weighted by Crippen LogP contribution is 2.25. The number of ether oxygens (including phenoxy) is 1. The molecule has 0 spiro atoms. The number of rotatable bonds is 4. The van der Waals surface area contributed by atoms with Crippen molar-refractivity contribution < 1.29 is 9.53 Å². The molecule has 0 aliphatic rings. The molecular formula is C15H22ClNO2. The Kier molecular flexibility index (Phi) is 5.24. The normalized spacial score (nSPS) is 13.2. The van der Waals surface area contributed by atoms with Crippen LogP contribution in [-0.2, 0) is 4.79 Å². The zero-order chi connectivity index (χ0) is 14.6. The molecule has 1 amide bonds. The highest BCUT2D eigenvalue weighted by Gasteiger charge is 2.22. The summed E-state index contributed by atoms with van der Waals surface area (Å²) >= 11 is 6.20. The molecule has 0 saturated carbocycles. The molecule has 0 radical (unpaired) electrons. The van der Waals surface area contributed by atoms with Crippen LogP contribution in [0.5, 0.6) is 5.75 Å². The second-order valence-electron chi connectivity index (χ2n) is 5.84. The van der Waals surface area contributed by atoms with Crippen LogP contribution >= 0.6 is 11.6 Å². The van der Waals surface area contributed by atoms with Gasteiger partial charge in [0.1, 0.15) is 11.1 Å². The summed E-state index contributed by atoms with van der Waals surface area (Å²) in [5, 5.41) is 2.15. The Morgan fingerprint density at radius 2 is 1.95 bits per heavy atom. The standard InChI is InChI=1S/C15H22ClNO2/c1-10(2)19-12-8-6-7-11(9-12)13(16)14(18)17-15(3,4)5/h6-10,13H,1-5H3,(H,17,18). The molecule has 0 fully saturated rings. The van der Waals surface area contributed by atoms with Crippen molar-refractivity contribution in [3.63, 3.8) is 0 Å². The van der Waals surface area contributed by atoms with Gasteiger partial charge >= 0.3 is 0 Å². The number of hydrogen-bond acceptors (Lipinski definition) is 2. The summed E-state index contributed by atoms with van der Waals surface area (Å²) in [6.45, 7) is 9.68. The lowest BCUT2D eigenvalue weighted by Crippen LogP contribution is -2.42. The highest BCUT2D eigenvalue weighted by molar-refractivity contribution is 6.30. The Labute approximate surface area is 120 Å². The molecule has 1 rings (SSSR count). The molecule has 1 aromatic rings. The van der Waals surface area contributed by atoms with E-state index in [9.17, 15) is 4.79 Å². The van der Waals surface area contributed by atoms with Crippen LogP contribution in [0.1, 0.15) is 45.6 Å². The number of amides is 1. The van der Waals surface area contributed by atoms with Crippen LogP contribution in [0.25, 0.3) is 0 Å². The Morgan fingerprint density at radius 3 is 2.47 bits per heavy atom. The van der Waals surface area contributed by atoms with Gasteiger partial charge in [-0.2, -0.15) is 0 Å². The van der Waals surface area contributed by atoms with Gasteiger partial charge in [0.05, 0.1) is 6.10 Å². The van der Waals surface area contributed by atoms with Crippen LogP contribution in [-0.4, -0.2) is 17.6 Å². The minimum atomic E-state index is -0.713. The Hall–Kier alpha value is -1.22. The lowest BCUT2D eigenvalue weighted by molar-refractivity contribution is -0.122. The number of carbonyl (C=O) groups is 1. The van der Waals surface area contributed by atoms with E-state index in [4.69, 9.17) is 16.3 Å². The third-order valence-corrected chi connectivity index (χ3v) is 2.70. The molecule has 1 aromatic carbocycles. The summed E-state index contributed by atoms with van der Waals surface area (Å²) in [6, 6.07) is 7.33. The maximum atomic E-state index is 12.0. The summed E-state index contributed by atoms with van der Waals surface area (Å²) in [5.74, 6) is 0.526. The minimum absolute atomic E-state index is 0.0902. The third-order valence-electron chi connectivity index (χ3n) is 2.25. The molecule has 0 bridgehead atoms. The minimum Gasteiger partial charge on any atom is -0.491 e. The van der Waals surface area contributed by atoms with Crippen LogP contribution in [0.3, 0.4) is 0 Å². The van der Waals surface area contributed by atoms with Crippen LogP contribution < -0.4 is 10.1 Å². The van der Waals surface area contributed by atoms with E-state index in [-0.39, 0.29) is 17.6 Å². The maximum Gasteiger partial charge on any atom is 0.243 e. The van der Waals surface area contributed by atoms with Crippen molar-refractivity contribution in [3.8, 4) is 5.75 Å². The van der Waals surface area contributed by atoms with Crippen LogP contribution in [0.4, 0.5) is 0 Å². The Bertz CT molecular complexity index is 438. The van der Waals surface area contributed by atoms with Crippen molar-refractivity contribution in [1.29, 1.82) is 0 Å². The molecule has 0 heterocycles. The van der Waals surface area contributed by atoms with Gasteiger partial charge < -0.3 is 10.1 Å². The molecule has 3 nitrogen and oxygen atoms in total. The molecule has 0 aliphatic carbocycles. The summed E-state index contributed by atoms with van der Waals surface area (Å²) in [6.07, 6.45) is 0.0902. The summed E-state index contributed by atoms with van der Waals surface area (Å²) < 4.78 is 5.60. The second kappa shape index (κ2) is 6.29. The van der Waals surface area contributed by atoms with Crippen LogP contribution in [0.15, 0.2) is 24.3 Å². The molecule has 0 aliphatic heterocycles. The molecule has 0 saturated heterocycles. The molecule has 1 unspecified atom stereocenters. The number of hydrogen-bond donors (Lipinski definition) is 1. The molecular weight excluding hydrogens is 262 g/mol. The largest absolute Gasteiger partial charge is 0.491 e. The van der Waals surface area contributed by atoms with Gasteiger partial charge in [-0.1, -0.05) is 12.1 Å². The first-order valence-electron chi connectivity index (χ1n) is 6.42. The molecule has 0 aromatic heterocycles. The van der Waals surface area contributed by atoms with Gasteiger partial charge in [-0.3, -0.25) is 4.79 Å². The number of nitrogens with one attached hydrogen (secondary N) is 1. The number of halogens is 1. The molecule has 1 atom stereocenters. The van der Waals surface area contributed by atoms with Gasteiger partial charge in [-0.15, -0.1) is 11.6 Å². The van der Waals surface area contributed by atoms with Crippen LogP contribution in [0.2, 0.25) is 0 Å². The van der Waals surface area contributed by atoms with Crippen molar-refractivity contribution in [2.75, 3.05) is 0 Å². The zero-order valence-electron chi connectivity index (χ0n) is 12.2. The third kappa shape index (κ3) is 5.52. The Morgan fingerprint density at radius 1 is 1.32 bits per heavy atom. The number of carbonyl (C=O) groups excluding carboxylic acids is 1. The fourth-order valence-electron chi connectivity index (χ4n) is 1.60. The van der Waals surface area contributed by atoms with E-state index in [1.165, 1.54) is 0 Å². The van der Waals surface area contributed by atoms with Gasteiger partial charge in [-0.25, -0.2) is 0 Å². The average molecular weight is 284 g/mol. The van der Waals surface area contributed by atoms with E-state index in [1.54, 1.807) is 6.07 Å². The summed E-state index contributed by atoms with van der Waals surface area (Å²) in [4.78, 5) is 12.0. The van der Waals surface area contributed by atoms with Crippen molar-refractivity contribution in [3.05, 3.63) is 29.8 Å². The van der Waals surface area contributed by atoms with Gasteiger partial charge in [0.25, 0.3) is 0 Å². The first-order valence-corrected chi connectivity index (χ1v) is 6.85. The number of benzene rings is 1. The zero-order valence-corrected chi connectivity index (χ0v) is 12.9. The lowest BCUT2D eigenvalue weighted by atomic mass is 10.1. The van der Waals surface area contributed by atoms with E-state index in [0.717, 1.165) is 11.3 Å². The van der Waals surface area contributed by atoms with Crippen molar-refractivity contribution in [1.82, 2.24) is 5.32 Å². The fraction of sp³-hybridized carbons (Fsp3) is 0.533. The second-order valence-corrected chi connectivity index (χ2v) is 6.28. The molecule has 19 heavy (non-hydrogen) atoms. The van der Waals surface area contributed by atoms with Crippen LogP contribution in [0, 0.1) is 0 Å². The predicted molar refractivity (Wildman–Crippen MR) is 78.7 cm³/mol. The van der Waals surface area contributed by atoms with Gasteiger partial charge in [0.2, 0.25) is 5.91 Å². The van der Waals surface area contributed by atoms with E-state index < -0.39 is 5.38 Å². The molecule has 1 N–H and O–H groups in total. The first kappa shape index (κ1) is 15.8. The van der Waals surface area contributed by atoms with Crippen molar-refractivity contribution >= 4 is 17.5 Å². The monoisotopic (exact) mass is 283 g/mol. The van der Waals surface area contributed by atoms with E-state index >= 15 is 0 Å². The average Bonchev–Trinajstić information content (AvgIpc) is 2.25. The molecule has 106 valence electrons. The SMILES string of the molecule is CC(C)Oc1cccc(C(Cl)C(=O)NC(C)(C)C)c1. The number of alkyl halides is 1. The topological polar surface area (TPSA) is 38.3 Å². The molecule has 4 heteroatoms. The highest BCUT2D eigenvalue weighted by atomic mass is 35.5. The van der Waals surface area contributed by atoms with Gasteiger partial charge in [0, 0.05) is 5.54 Å². The Balaban J connectivity index is 2.82. The summed E-state index contributed by atoms with van der Waals surface area (Å²) in [7, 11) is 0. The van der Waals surface area contributed by atoms with Gasteiger partial charge in [-0.05, 0) is 52.3 Å². The first-order chi connectivity index (χ1) is 8.69.